The number of pyridine rings is 1. The van der Waals surface area contributed by atoms with Crippen LogP contribution >= 0.6 is 11.6 Å². The van der Waals surface area contributed by atoms with Crippen molar-refractivity contribution in [2.45, 2.75) is 31.2 Å². The van der Waals surface area contributed by atoms with Gasteiger partial charge in [-0.2, -0.15) is 18.4 Å². The molecule has 1 aliphatic heterocycles. The number of hydrogen-bond donors (Lipinski definition) is 4. The molecule has 0 saturated carbocycles. The fraction of sp³-hybridized carbons (Fsp3) is 0.538. The van der Waals surface area contributed by atoms with Gasteiger partial charge in [0, 0.05) is 18.8 Å². The van der Waals surface area contributed by atoms with Crippen LogP contribution in [0.3, 0.4) is 0 Å². The third-order valence-corrected chi connectivity index (χ3v) is 3.85. The number of hydrazine groups is 1. The van der Waals surface area contributed by atoms with Crippen molar-refractivity contribution in [1.82, 2.24) is 15.8 Å². The lowest BCUT2D eigenvalue weighted by Gasteiger charge is -2.14. The first-order valence-corrected chi connectivity index (χ1v) is 7.33. The van der Waals surface area contributed by atoms with Gasteiger partial charge in [0.15, 0.2) is 0 Å². The quantitative estimate of drug-likeness (QED) is 0.606. The number of hydrogen-bond acceptors (Lipinski definition) is 6. The largest absolute Gasteiger partial charge is 0.417 e. The molecular weight excluding hydrogens is 333 g/mol. The maximum absolute atomic E-state index is 12.5. The second kappa shape index (κ2) is 7.31. The highest BCUT2D eigenvalue weighted by Crippen LogP contribution is 2.32. The van der Waals surface area contributed by atoms with E-state index in [0.717, 1.165) is 12.3 Å². The molecule has 0 radical (unpaired) electrons. The zero-order valence-electron chi connectivity index (χ0n) is 12.0. The number of aromatic nitrogens is 1. The van der Waals surface area contributed by atoms with E-state index in [4.69, 9.17) is 22.6 Å². The molecule has 3 atom stereocenters. The Balaban J connectivity index is 1.82. The number of anilines is 1. The monoisotopic (exact) mass is 348 g/mol. The molecular formula is C13H16ClF3N6. The topological polar surface area (TPSA) is 98.8 Å². The van der Waals surface area contributed by atoms with E-state index in [1.54, 1.807) is 0 Å². The van der Waals surface area contributed by atoms with Gasteiger partial charge in [-0.1, -0.05) is 11.6 Å². The van der Waals surface area contributed by atoms with Crippen LogP contribution in [0.25, 0.3) is 0 Å². The van der Waals surface area contributed by atoms with Crippen LogP contribution in [0.15, 0.2) is 12.3 Å². The smallest absolute Gasteiger partial charge is 0.369 e. The van der Waals surface area contributed by atoms with Crippen LogP contribution in [-0.4, -0.2) is 23.7 Å². The maximum atomic E-state index is 12.5. The number of halogens is 4. The highest BCUT2D eigenvalue weighted by molar-refractivity contribution is 6.32. The minimum atomic E-state index is -4.47. The number of nitrogens with zero attached hydrogens (tertiary/aromatic N) is 2. The molecule has 0 amide bonds. The molecule has 0 aromatic carbocycles. The Bertz CT molecular complexity index is 588. The molecule has 1 fully saturated rings. The van der Waals surface area contributed by atoms with Crippen LogP contribution in [0.4, 0.5) is 19.0 Å². The fourth-order valence-electron chi connectivity index (χ4n) is 2.31. The number of nitrogens with one attached hydrogen (secondary N) is 3. The molecule has 2 rings (SSSR count). The minimum Gasteiger partial charge on any atom is -0.369 e. The molecule has 3 unspecified atom stereocenters. The molecule has 1 aromatic rings. The Hall–Kier alpha value is -1.60. The normalized spacial score (nSPS) is 24.4. The van der Waals surface area contributed by atoms with Crippen LogP contribution < -0.4 is 21.9 Å². The van der Waals surface area contributed by atoms with Crippen molar-refractivity contribution in [3.05, 3.63) is 22.8 Å². The Kier molecular flexibility index (Phi) is 5.64. The van der Waals surface area contributed by atoms with E-state index >= 15 is 0 Å². The first-order valence-electron chi connectivity index (χ1n) is 6.96. The summed E-state index contributed by atoms with van der Waals surface area (Å²) >= 11 is 5.80. The second-order valence-electron chi connectivity index (χ2n) is 5.20. The molecule has 2 heterocycles. The van der Waals surface area contributed by atoms with Crippen molar-refractivity contribution < 1.29 is 13.2 Å². The van der Waals surface area contributed by atoms with E-state index in [-0.39, 0.29) is 22.8 Å². The Labute approximate surface area is 136 Å². The SMILES string of the molecule is N#CC1C(N)NNC1CCCNc1ncc(C(F)(F)F)cc1Cl. The number of rotatable bonds is 5. The van der Waals surface area contributed by atoms with E-state index in [1.165, 1.54) is 0 Å². The molecule has 10 heteroatoms. The molecule has 0 bridgehead atoms. The van der Waals surface area contributed by atoms with Gasteiger partial charge < -0.3 is 11.1 Å². The molecule has 6 nitrogen and oxygen atoms in total. The predicted molar refractivity (Wildman–Crippen MR) is 79.1 cm³/mol. The van der Waals surface area contributed by atoms with Crippen molar-refractivity contribution in [2.24, 2.45) is 11.7 Å². The van der Waals surface area contributed by atoms with Gasteiger partial charge in [-0.05, 0) is 18.9 Å². The number of alkyl halides is 3. The summed E-state index contributed by atoms with van der Waals surface area (Å²) in [6.45, 7) is 0.462. The van der Waals surface area contributed by atoms with E-state index in [1.807, 2.05) is 0 Å². The van der Waals surface area contributed by atoms with Gasteiger partial charge in [0.1, 0.15) is 5.82 Å². The van der Waals surface area contributed by atoms with E-state index in [2.05, 4.69) is 27.2 Å². The predicted octanol–water partition coefficient (Wildman–Crippen LogP) is 1.85. The van der Waals surface area contributed by atoms with Crippen molar-refractivity contribution >= 4 is 17.4 Å². The van der Waals surface area contributed by atoms with Crippen LogP contribution in [0.1, 0.15) is 18.4 Å². The lowest BCUT2D eigenvalue weighted by molar-refractivity contribution is -0.137. The zero-order valence-corrected chi connectivity index (χ0v) is 12.7. The first kappa shape index (κ1) is 17.7. The van der Waals surface area contributed by atoms with Gasteiger partial charge in [0.25, 0.3) is 0 Å². The summed E-state index contributed by atoms with van der Waals surface area (Å²) in [5.41, 5.74) is 10.6. The number of nitrogens with two attached hydrogens (primary N) is 1. The molecule has 1 aromatic heterocycles. The van der Waals surface area contributed by atoms with Gasteiger partial charge >= 0.3 is 6.18 Å². The highest BCUT2D eigenvalue weighted by Gasteiger charge is 2.33. The summed E-state index contributed by atoms with van der Waals surface area (Å²) in [7, 11) is 0. The average Bonchev–Trinajstić information content (AvgIpc) is 2.84. The molecule has 1 aliphatic rings. The Morgan fingerprint density at radius 3 is 2.78 bits per heavy atom. The first-order chi connectivity index (χ1) is 10.8. The molecule has 0 aliphatic carbocycles. The maximum Gasteiger partial charge on any atom is 0.417 e. The standard InChI is InChI=1S/C13H16ClF3N6/c14-9-4-7(13(15,16)17)6-21-12(9)20-3-1-2-10-8(5-18)11(19)23-22-10/h4,6,8,10-11,22-23H,1-3,19H2,(H,20,21). The van der Waals surface area contributed by atoms with Crippen molar-refractivity contribution in [2.75, 3.05) is 11.9 Å². The minimum absolute atomic E-state index is 0.0761. The average molecular weight is 349 g/mol. The van der Waals surface area contributed by atoms with Crippen molar-refractivity contribution in [3.63, 3.8) is 0 Å². The van der Waals surface area contributed by atoms with Gasteiger partial charge in [-0.15, -0.1) is 0 Å². The van der Waals surface area contributed by atoms with E-state index < -0.39 is 17.9 Å². The summed E-state index contributed by atoms with van der Waals surface area (Å²) in [6, 6.07) is 2.90. The molecule has 1 saturated heterocycles. The number of nitriles is 1. The van der Waals surface area contributed by atoms with Crippen LogP contribution in [0.5, 0.6) is 0 Å². The summed E-state index contributed by atoms with van der Waals surface area (Å²) in [6.07, 6.45) is -2.81. The van der Waals surface area contributed by atoms with E-state index in [0.29, 0.717) is 19.4 Å². The van der Waals surface area contributed by atoms with Crippen LogP contribution in [0.2, 0.25) is 5.02 Å². The van der Waals surface area contributed by atoms with Gasteiger partial charge in [0.05, 0.1) is 28.7 Å². The molecule has 0 spiro atoms. The lowest BCUT2D eigenvalue weighted by Crippen LogP contribution is -2.38. The molecule has 23 heavy (non-hydrogen) atoms. The van der Waals surface area contributed by atoms with Crippen molar-refractivity contribution in [1.29, 1.82) is 5.26 Å². The van der Waals surface area contributed by atoms with Gasteiger partial charge in [-0.25, -0.2) is 10.4 Å². The zero-order chi connectivity index (χ0) is 17.0. The molecule has 5 N–H and O–H groups in total. The summed E-state index contributed by atoms with van der Waals surface area (Å²) < 4.78 is 37.5. The lowest BCUT2D eigenvalue weighted by atomic mass is 9.97. The summed E-state index contributed by atoms with van der Waals surface area (Å²) in [4.78, 5) is 3.69. The third-order valence-electron chi connectivity index (χ3n) is 3.56. The third kappa shape index (κ3) is 4.45. The van der Waals surface area contributed by atoms with E-state index in [9.17, 15) is 13.2 Å². The van der Waals surface area contributed by atoms with Crippen molar-refractivity contribution in [3.8, 4) is 6.07 Å². The fourth-order valence-corrected chi connectivity index (χ4v) is 2.54. The van der Waals surface area contributed by atoms with Gasteiger partial charge in [0.2, 0.25) is 0 Å². The second-order valence-corrected chi connectivity index (χ2v) is 5.60. The Morgan fingerprint density at radius 1 is 1.43 bits per heavy atom. The highest BCUT2D eigenvalue weighted by atomic mass is 35.5. The van der Waals surface area contributed by atoms with Crippen LogP contribution in [-0.2, 0) is 6.18 Å². The molecule has 126 valence electrons. The van der Waals surface area contributed by atoms with Crippen LogP contribution in [0, 0.1) is 17.2 Å². The van der Waals surface area contributed by atoms with Gasteiger partial charge in [-0.3, -0.25) is 5.43 Å². The summed E-state index contributed by atoms with van der Waals surface area (Å²) in [5, 5.41) is 11.8. The summed E-state index contributed by atoms with van der Waals surface area (Å²) in [5.74, 6) is -0.131. The Morgan fingerprint density at radius 2 is 2.17 bits per heavy atom.